The number of hydrogen-bond acceptors (Lipinski definition) is 6. The molecular weight excluding hydrogens is 390 g/mol. The van der Waals surface area contributed by atoms with Crippen LogP contribution in [0.3, 0.4) is 0 Å². The maximum atomic E-state index is 12.3. The molecule has 6 nitrogen and oxygen atoms in total. The normalized spacial score (nSPS) is 12.6. The van der Waals surface area contributed by atoms with Crippen LogP contribution in [0.15, 0.2) is 45.8 Å². The predicted octanol–water partition coefficient (Wildman–Crippen LogP) is 2.96. The number of methoxy groups -OCH3 is 1. The minimum absolute atomic E-state index is 0.225. The number of H-pyrrole nitrogens is 1. The zero-order valence-corrected chi connectivity index (χ0v) is 17.4. The van der Waals surface area contributed by atoms with Crippen LogP contribution in [0.4, 0.5) is 0 Å². The van der Waals surface area contributed by atoms with E-state index in [0.29, 0.717) is 33.2 Å². The van der Waals surface area contributed by atoms with Crippen molar-refractivity contribution < 1.29 is 18.7 Å². The van der Waals surface area contributed by atoms with Gasteiger partial charge in [0.25, 0.3) is 5.56 Å². The number of nitrogens with one attached hydrogen (secondary N) is 1. The zero-order valence-electron chi connectivity index (χ0n) is 16.6. The number of furan rings is 1. The van der Waals surface area contributed by atoms with E-state index in [9.17, 15) is 9.59 Å². The molecule has 0 unspecified atom stereocenters. The maximum absolute atomic E-state index is 12.3. The van der Waals surface area contributed by atoms with Crippen molar-refractivity contribution in [2.24, 2.45) is 5.92 Å². The van der Waals surface area contributed by atoms with Crippen LogP contribution in [0.25, 0.3) is 12.2 Å². The Labute approximate surface area is 172 Å². The first-order chi connectivity index (χ1) is 14.0. The Kier molecular flexibility index (Phi) is 6.72. The number of Topliss-reactive ketones (excluding diaryl/α,β-unsaturated/α-hetero) is 1. The number of ether oxygens (including phenoxy) is 2. The molecule has 2 heterocycles. The molecule has 0 radical (unpaired) electrons. The second-order valence-corrected chi connectivity index (χ2v) is 7.94. The number of rotatable bonds is 8. The fraction of sp³-hybridized carbons (Fsp3) is 0.273. The molecule has 2 aromatic heterocycles. The summed E-state index contributed by atoms with van der Waals surface area (Å²) in [6.45, 7) is 4.90. The monoisotopic (exact) mass is 413 g/mol. The van der Waals surface area contributed by atoms with Crippen molar-refractivity contribution in [2.75, 3.05) is 13.7 Å². The van der Waals surface area contributed by atoms with Gasteiger partial charge in [-0.25, -0.2) is 0 Å². The first-order valence-electron chi connectivity index (χ1n) is 9.27. The number of aromatic amines is 1. The highest BCUT2D eigenvalue weighted by Crippen LogP contribution is 2.28. The highest BCUT2D eigenvalue weighted by atomic mass is 32.1. The molecule has 0 saturated heterocycles. The molecule has 0 fully saturated rings. The van der Waals surface area contributed by atoms with Crippen LogP contribution in [-0.2, 0) is 0 Å². The van der Waals surface area contributed by atoms with Gasteiger partial charge < -0.3 is 18.9 Å². The van der Waals surface area contributed by atoms with E-state index in [-0.39, 0.29) is 17.1 Å². The quantitative estimate of drug-likeness (QED) is 0.574. The van der Waals surface area contributed by atoms with Crippen molar-refractivity contribution in [1.29, 1.82) is 0 Å². The summed E-state index contributed by atoms with van der Waals surface area (Å²) in [5.41, 5.74) is 0.541. The average molecular weight is 413 g/mol. The molecule has 0 bridgehead atoms. The van der Waals surface area contributed by atoms with Crippen LogP contribution < -0.4 is 24.2 Å². The number of carbonyl (C=O) groups is 1. The predicted molar refractivity (Wildman–Crippen MR) is 113 cm³/mol. The summed E-state index contributed by atoms with van der Waals surface area (Å²) in [7, 11) is 1.58. The number of carbonyl (C=O) groups excluding carboxylic acids is 1. The van der Waals surface area contributed by atoms with Crippen LogP contribution in [0, 0.1) is 5.92 Å². The van der Waals surface area contributed by atoms with Crippen LogP contribution in [0.2, 0.25) is 0 Å². The standard InChI is InChI=1S/C22H23NO5S/c1-14(2)8-10-28-18-7-6-15(11-19(18)26-3)12-20-22(25)23-21(29-20)13-16(24)17-5-4-9-27-17/h4-7,9,11-14H,8,10H2,1-3H3,(H,23,25)/b20-12-,21-13-. The zero-order chi connectivity index (χ0) is 20.8. The molecule has 3 aromatic rings. The van der Waals surface area contributed by atoms with Crippen molar-refractivity contribution in [3.8, 4) is 11.5 Å². The molecular formula is C22H23NO5S. The van der Waals surface area contributed by atoms with Crippen LogP contribution in [-0.4, -0.2) is 24.5 Å². The van der Waals surface area contributed by atoms with Crippen molar-refractivity contribution in [3.05, 3.63) is 67.5 Å². The molecule has 0 aliphatic heterocycles. The lowest BCUT2D eigenvalue weighted by Gasteiger charge is -2.12. The summed E-state index contributed by atoms with van der Waals surface area (Å²) in [5.74, 6) is 1.76. The summed E-state index contributed by atoms with van der Waals surface area (Å²) < 4.78 is 17.2. The van der Waals surface area contributed by atoms with Crippen molar-refractivity contribution in [2.45, 2.75) is 20.3 Å². The first kappa shape index (κ1) is 20.7. The molecule has 0 amide bonds. The van der Waals surface area contributed by atoms with Gasteiger partial charge in [-0.15, -0.1) is 11.3 Å². The summed E-state index contributed by atoms with van der Waals surface area (Å²) in [4.78, 5) is 27.0. The molecule has 0 atom stereocenters. The van der Waals surface area contributed by atoms with E-state index < -0.39 is 0 Å². The minimum Gasteiger partial charge on any atom is -0.493 e. The van der Waals surface area contributed by atoms with E-state index in [1.807, 2.05) is 18.2 Å². The van der Waals surface area contributed by atoms with Gasteiger partial charge in [0, 0.05) is 6.08 Å². The number of thiazole rings is 1. The van der Waals surface area contributed by atoms with Gasteiger partial charge in [0.1, 0.15) is 0 Å². The van der Waals surface area contributed by atoms with Crippen LogP contribution >= 0.6 is 11.3 Å². The Morgan fingerprint density at radius 3 is 2.79 bits per heavy atom. The van der Waals surface area contributed by atoms with Crippen molar-refractivity contribution in [1.82, 2.24) is 4.98 Å². The van der Waals surface area contributed by atoms with Gasteiger partial charge in [0.05, 0.1) is 29.2 Å². The van der Waals surface area contributed by atoms with E-state index in [1.165, 1.54) is 23.7 Å². The van der Waals surface area contributed by atoms with Gasteiger partial charge in [-0.1, -0.05) is 19.9 Å². The Balaban J connectivity index is 1.85. The number of hydrogen-bond donors (Lipinski definition) is 1. The molecule has 3 rings (SSSR count). The minimum atomic E-state index is -0.302. The lowest BCUT2D eigenvalue weighted by atomic mass is 10.1. The molecule has 1 N–H and O–H groups in total. The average Bonchev–Trinajstić information content (AvgIpc) is 3.33. The largest absolute Gasteiger partial charge is 0.493 e. The molecule has 0 aliphatic rings. The molecule has 1 aromatic carbocycles. The van der Waals surface area contributed by atoms with E-state index in [0.717, 1.165) is 12.0 Å². The van der Waals surface area contributed by atoms with Crippen molar-refractivity contribution >= 4 is 29.3 Å². The van der Waals surface area contributed by atoms with Gasteiger partial charge in [-0.3, -0.25) is 9.59 Å². The van der Waals surface area contributed by atoms with Crippen LogP contribution in [0.5, 0.6) is 11.5 Å². The highest BCUT2D eigenvalue weighted by Gasteiger charge is 2.07. The number of ketones is 1. The third-order valence-corrected chi connectivity index (χ3v) is 5.11. The topological polar surface area (TPSA) is 81.5 Å². The summed E-state index contributed by atoms with van der Waals surface area (Å²) in [6, 6.07) is 8.74. The van der Waals surface area contributed by atoms with E-state index in [1.54, 1.807) is 25.3 Å². The fourth-order valence-electron chi connectivity index (χ4n) is 2.58. The molecule has 0 aliphatic carbocycles. The van der Waals surface area contributed by atoms with E-state index >= 15 is 0 Å². The summed E-state index contributed by atoms with van der Waals surface area (Å²) in [6.07, 6.45) is 5.49. The number of benzene rings is 1. The second kappa shape index (κ2) is 9.43. The van der Waals surface area contributed by atoms with E-state index in [2.05, 4.69) is 18.8 Å². The number of aromatic nitrogens is 1. The van der Waals surface area contributed by atoms with Gasteiger partial charge in [-0.05, 0) is 48.2 Å². The Morgan fingerprint density at radius 2 is 2.10 bits per heavy atom. The third kappa shape index (κ3) is 5.48. The molecule has 152 valence electrons. The molecule has 29 heavy (non-hydrogen) atoms. The Hall–Kier alpha value is -3.06. The van der Waals surface area contributed by atoms with Gasteiger partial charge >= 0.3 is 0 Å². The highest BCUT2D eigenvalue weighted by molar-refractivity contribution is 7.07. The Morgan fingerprint density at radius 1 is 1.28 bits per heavy atom. The smallest absolute Gasteiger partial charge is 0.266 e. The van der Waals surface area contributed by atoms with Crippen molar-refractivity contribution in [3.63, 3.8) is 0 Å². The summed E-state index contributed by atoms with van der Waals surface area (Å²) in [5, 5.41) is 0. The molecule has 0 saturated carbocycles. The third-order valence-electron chi connectivity index (χ3n) is 4.14. The Bertz CT molecular complexity index is 1140. The second-order valence-electron chi connectivity index (χ2n) is 6.86. The van der Waals surface area contributed by atoms with Gasteiger partial charge in [-0.2, -0.15) is 0 Å². The fourth-order valence-corrected chi connectivity index (χ4v) is 3.47. The maximum Gasteiger partial charge on any atom is 0.266 e. The summed E-state index contributed by atoms with van der Waals surface area (Å²) >= 11 is 1.20. The SMILES string of the molecule is COc1cc(/C=c2\s/c(=C\C(=O)c3ccco3)[nH]c2=O)ccc1OCCC(C)C. The van der Waals surface area contributed by atoms with E-state index in [4.69, 9.17) is 13.9 Å². The lowest BCUT2D eigenvalue weighted by molar-refractivity contribution is 0.103. The lowest BCUT2D eigenvalue weighted by Crippen LogP contribution is -2.20. The molecule has 0 spiro atoms. The first-order valence-corrected chi connectivity index (χ1v) is 10.1. The molecule has 7 heteroatoms. The van der Waals surface area contributed by atoms with Gasteiger partial charge in [0.15, 0.2) is 17.3 Å². The van der Waals surface area contributed by atoms with Gasteiger partial charge in [0.2, 0.25) is 5.78 Å². The van der Waals surface area contributed by atoms with Crippen LogP contribution in [0.1, 0.15) is 36.4 Å².